The van der Waals surface area contributed by atoms with Crippen molar-refractivity contribution in [3.63, 3.8) is 0 Å². The first kappa shape index (κ1) is 16.4. The second-order valence-electron chi connectivity index (χ2n) is 7.13. The van der Waals surface area contributed by atoms with Crippen LogP contribution in [0, 0.1) is 5.92 Å². The van der Waals surface area contributed by atoms with Crippen molar-refractivity contribution >= 4 is 5.91 Å². The minimum atomic E-state index is 0.270. The van der Waals surface area contributed by atoms with E-state index in [-0.39, 0.29) is 5.91 Å². The largest absolute Gasteiger partial charge is 0.381 e. The first-order valence-corrected chi connectivity index (χ1v) is 8.82. The van der Waals surface area contributed by atoms with Gasteiger partial charge in [-0.1, -0.05) is 19.0 Å². The molecular weight excluding hydrogens is 294 g/mol. The van der Waals surface area contributed by atoms with E-state index in [2.05, 4.69) is 24.0 Å². The highest BCUT2D eigenvalue weighted by Crippen LogP contribution is 2.30. The number of likely N-dealkylation sites (tertiary alicyclic amines) is 1. The molecule has 2 saturated heterocycles. The molecule has 3 rings (SSSR count). The van der Waals surface area contributed by atoms with Gasteiger partial charge in [0.15, 0.2) is 5.82 Å². The van der Waals surface area contributed by atoms with E-state index in [4.69, 9.17) is 9.26 Å². The van der Waals surface area contributed by atoms with Crippen molar-refractivity contribution in [1.82, 2.24) is 15.0 Å². The Labute approximate surface area is 137 Å². The van der Waals surface area contributed by atoms with E-state index in [9.17, 15) is 4.79 Å². The van der Waals surface area contributed by atoms with Gasteiger partial charge >= 0.3 is 0 Å². The van der Waals surface area contributed by atoms with Crippen molar-refractivity contribution in [3.05, 3.63) is 11.7 Å². The van der Waals surface area contributed by atoms with Gasteiger partial charge in [-0.25, -0.2) is 0 Å². The third-order valence-electron chi connectivity index (χ3n) is 4.82. The molecule has 0 aliphatic carbocycles. The van der Waals surface area contributed by atoms with E-state index in [0.29, 0.717) is 24.2 Å². The third-order valence-corrected chi connectivity index (χ3v) is 4.82. The predicted octanol–water partition coefficient (Wildman–Crippen LogP) is 2.72. The number of ether oxygens (including phenoxy) is 1. The van der Waals surface area contributed by atoms with Crippen LogP contribution in [-0.2, 0) is 9.53 Å². The molecule has 0 saturated carbocycles. The molecule has 0 unspecified atom stereocenters. The maximum absolute atomic E-state index is 12.1. The maximum Gasteiger partial charge on any atom is 0.229 e. The molecule has 0 radical (unpaired) electrons. The summed E-state index contributed by atoms with van der Waals surface area (Å²) in [4.78, 5) is 18.7. The Balaban J connectivity index is 1.53. The number of piperidine rings is 1. The van der Waals surface area contributed by atoms with Gasteiger partial charge in [-0.2, -0.15) is 4.98 Å². The number of carbonyl (C=O) groups is 1. The summed E-state index contributed by atoms with van der Waals surface area (Å²) in [7, 11) is 0. The van der Waals surface area contributed by atoms with Crippen molar-refractivity contribution in [2.45, 2.75) is 57.8 Å². The Morgan fingerprint density at radius 3 is 2.52 bits per heavy atom. The molecule has 0 spiro atoms. The van der Waals surface area contributed by atoms with Crippen LogP contribution in [0.25, 0.3) is 0 Å². The molecule has 1 aromatic rings. The van der Waals surface area contributed by atoms with Gasteiger partial charge in [0, 0.05) is 44.6 Å². The summed E-state index contributed by atoms with van der Waals surface area (Å²) < 4.78 is 10.9. The molecule has 0 N–H and O–H groups in total. The number of hydrogen-bond donors (Lipinski definition) is 0. The SMILES string of the molecule is CC(C)CC(=O)N1CCC(c2nc(C3CCOCC3)no2)CC1. The first-order chi connectivity index (χ1) is 11.1. The third kappa shape index (κ3) is 4.10. The second kappa shape index (κ2) is 7.43. The Bertz CT molecular complexity index is 515. The van der Waals surface area contributed by atoms with E-state index < -0.39 is 0 Å². The minimum Gasteiger partial charge on any atom is -0.381 e. The van der Waals surface area contributed by atoms with Gasteiger partial charge in [0.05, 0.1) is 0 Å². The highest BCUT2D eigenvalue weighted by atomic mass is 16.5. The van der Waals surface area contributed by atoms with E-state index in [1.807, 2.05) is 4.90 Å². The Hall–Kier alpha value is -1.43. The Morgan fingerprint density at radius 1 is 1.17 bits per heavy atom. The van der Waals surface area contributed by atoms with Gasteiger partial charge in [0.25, 0.3) is 0 Å². The van der Waals surface area contributed by atoms with Gasteiger partial charge in [-0.05, 0) is 31.6 Å². The van der Waals surface area contributed by atoms with Crippen LogP contribution in [0.3, 0.4) is 0 Å². The zero-order chi connectivity index (χ0) is 16.2. The summed E-state index contributed by atoms with van der Waals surface area (Å²) in [5, 5.41) is 4.19. The fourth-order valence-electron chi connectivity index (χ4n) is 3.39. The zero-order valence-corrected chi connectivity index (χ0v) is 14.2. The monoisotopic (exact) mass is 321 g/mol. The first-order valence-electron chi connectivity index (χ1n) is 8.82. The van der Waals surface area contributed by atoms with Crippen molar-refractivity contribution in [3.8, 4) is 0 Å². The molecule has 128 valence electrons. The molecule has 2 fully saturated rings. The summed E-state index contributed by atoms with van der Waals surface area (Å²) in [5.41, 5.74) is 0. The topological polar surface area (TPSA) is 68.5 Å². The summed E-state index contributed by atoms with van der Waals surface area (Å²) in [6, 6.07) is 0. The van der Waals surface area contributed by atoms with Gasteiger partial charge < -0.3 is 14.2 Å². The lowest BCUT2D eigenvalue weighted by Crippen LogP contribution is -2.38. The van der Waals surface area contributed by atoms with Crippen molar-refractivity contribution in [2.75, 3.05) is 26.3 Å². The molecular formula is C17H27N3O3. The molecule has 2 aliphatic heterocycles. The molecule has 0 atom stereocenters. The van der Waals surface area contributed by atoms with Crippen LogP contribution in [0.2, 0.25) is 0 Å². The normalized spacial score (nSPS) is 21.1. The van der Waals surface area contributed by atoms with Gasteiger partial charge in [-0.15, -0.1) is 0 Å². The van der Waals surface area contributed by atoms with Crippen LogP contribution in [0.5, 0.6) is 0 Å². The van der Waals surface area contributed by atoms with Crippen LogP contribution in [0.4, 0.5) is 0 Å². The van der Waals surface area contributed by atoms with Crippen LogP contribution in [0.1, 0.15) is 69.5 Å². The average Bonchev–Trinajstić information content (AvgIpc) is 3.05. The molecule has 1 aromatic heterocycles. The smallest absolute Gasteiger partial charge is 0.229 e. The van der Waals surface area contributed by atoms with Crippen molar-refractivity contribution < 1.29 is 14.1 Å². The maximum atomic E-state index is 12.1. The lowest BCUT2D eigenvalue weighted by Gasteiger charge is -2.31. The zero-order valence-electron chi connectivity index (χ0n) is 14.2. The fraction of sp³-hybridized carbons (Fsp3) is 0.824. The Kier molecular flexibility index (Phi) is 5.30. The summed E-state index contributed by atoms with van der Waals surface area (Å²) in [6.45, 7) is 7.33. The lowest BCUT2D eigenvalue weighted by molar-refractivity contribution is -0.133. The predicted molar refractivity (Wildman–Crippen MR) is 85.1 cm³/mol. The number of carbonyl (C=O) groups excluding carboxylic acids is 1. The van der Waals surface area contributed by atoms with Gasteiger partial charge in [0.1, 0.15) is 0 Å². The van der Waals surface area contributed by atoms with E-state index in [1.165, 1.54) is 0 Å². The summed E-state index contributed by atoms with van der Waals surface area (Å²) in [6.07, 6.45) is 4.42. The molecule has 23 heavy (non-hydrogen) atoms. The molecule has 1 amide bonds. The number of aromatic nitrogens is 2. The molecule has 6 heteroatoms. The fourth-order valence-corrected chi connectivity index (χ4v) is 3.39. The van der Waals surface area contributed by atoms with Crippen molar-refractivity contribution in [2.24, 2.45) is 5.92 Å². The summed E-state index contributed by atoms with van der Waals surface area (Å²) in [5.74, 6) is 2.93. The van der Waals surface area contributed by atoms with Crippen molar-refractivity contribution in [1.29, 1.82) is 0 Å². The standard InChI is InChI=1S/C17H27N3O3/c1-12(2)11-15(21)20-7-3-14(4-8-20)17-18-16(19-23-17)13-5-9-22-10-6-13/h12-14H,3-11H2,1-2H3. The van der Waals surface area contributed by atoms with Crippen LogP contribution < -0.4 is 0 Å². The number of amides is 1. The van der Waals surface area contributed by atoms with E-state index in [1.54, 1.807) is 0 Å². The number of hydrogen-bond acceptors (Lipinski definition) is 5. The molecule has 6 nitrogen and oxygen atoms in total. The van der Waals surface area contributed by atoms with Gasteiger partial charge in [0.2, 0.25) is 11.8 Å². The Morgan fingerprint density at radius 2 is 1.87 bits per heavy atom. The highest BCUT2D eigenvalue weighted by molar-refractivity contribution is 5.76. The van der Waals surface area contributed by atoms with Crippen LogP contribution in [0.15, 0.2) is 4.52 Å². The average molecular weight is 321 g/mol. The number of nitrogens with zero attached hydrogens (tertiary/aromatic N) is 3. The molecule has 2 aliphatic rings. The molecule has 0 aromatic carbocycles. The van der Waals surface area contributed by atoms with E-state index in [0.717, 1.165) is 63.7 Å². The minimum absolute atomic E-state index is 0.270. The summed E-state index contributed by atoms with van der Waals surface area (Å²) >= 11 is 0. The quantitative estimate of drug-likeness (QED) is 0.853. The lowest BCUT2D eigenvalue weighted by atomic mass is 9.95. The van der Waals surface area contributed by atoms with E-state index >= 15 is 0 Å². The molecule has 0 bridgehead atoms. The van der Waals surface area contributed by atoms with Crippen LogP contribution in [-0.4, -0.2) is 47.3 Å². The number of rotatable bonds is 4. The second-order valence-corrected chi connectivity index (χ2v) is 7.13. The molecule has 3 heterocycles. The van der Waals surface area contributed by atoms with Gasteiger partial charge in [-0.3, -0.25) is 4.79 Å². The van der Waals surface area contributed by atoms with Crippen LogP contribution >= 0.6 is 0 Å². The highest BCUT2D eigenvalue weighted by Gasteiger charge is 2.29.